The molecule has 0 aliphatic heterocycles. The molecule has 118 valence electrons. The molecule has 2 aromatic rings. The van der Waals surface area contributed by atoms with Crippen LogP contribution in [0.3, 0.4) is 0 Å². The van der Waals surface area contributed by atoms with Crippen LogP contribution in [-0.4, -0.2) is 26.8 Å². The summed E-state index contributed by atoms with van der Waals surface area (Å²) < 4.78 is 38.2. The Hall–Kier alpha value is -2.38. The van der Waals surface area contributed by atoms with Gasteiger partial charge in [0.25, 0.3) is 5.91 Å². The van der Waals surface area contributed by atoms with E-state index in [0.717, 1.165) is 10.2 Å². The Morgan fingerprint density at radius 2 is 2.14 bits per heavy atom. The summed E-state index contributed by atoms with van der Waals surface area (Å²) in [6.45, 7) is 0.730. The lowest BCUT2D eigenvalue weighted by molar-refractivity contribution is -0.143. The van der Waals surface area contributed by atoms with Gasteiger partial charge in [-0.2, -0.15) is 18.3 Å². The molecule has 0 saturated heterocycles. The molecule has 1 N–H and O–H groups in total. The molecule has 0 atom stereocenters. The smallest absolute Gasteiger partial charge is 0.348 e. The van der Waals surface area contributed by atoms with E-state index in [1.54, 1.807) is 31.5 Å². The van der Waals surface area contributed by atoms with Crippen LogP contribution in [0.4, 0.5) is 13.2 Å². The SMILES string of the molecule is CCc1c(C(=O)NCc2cccnc2)cnn1CC(F)(F)F. The Labute approximate surface area is 125 Å². The van der Waals surface area contributed by atoms with Gasteiger partial charge in [-0.25, -0.2) is 0 Å². The van der Waals surface area contributed by atoms with Crippen molar-refractivity contribution in [2.45, 2.75) is 32.6 Å². The number of hydrogen-bond acceptors (Lipinski definition) is 3. The van der Waals surface area contributed by atoms with Crippen LogP contribution in [0.15, 0.2) is 30.7 Å². The number of rotatable bonds is 5. The molecule has 1 amide bonds. The van der Waals surface area contributed by atoms with E-state index in [4.69, 9.17) is 0 Å². The molecule has 0 unspecified atom stereocenters. The molecule has 0 aliphatic carbocycles. The van der Waals surface area contributed by atoms with Crippen LogP contribution in [-0.2, 0) is 19.5 Å². The number of halogens is 3. The second-order valence-electron chi connectivity index (χ2n) is 4.68. The first-order valence-corrected chi connectivity index (χ1v) is 6.69. The van der Waals surface area contributed by atoms with Gasteiger partial charge in [-0.3, -0.25) is 14.5 Å². The minimum Gasteiger partial charge on any atom is -0.348 e. The summed E-state index contributed by atoms with van der Waals surface area (Å²) in [6.07, 6.45) is 0.296. The number of carbonyl (C=O) groups is 1. The Bertz CT molecular complexity index is 637. The fraction of sp³-hybridized carbons (Fsp3) is 0.357. The fourth-order valence-corrected chi connectivity index (χ4v) is 2.06. The Morgan fingerprint density at radius 3 is 2.73 bits per heavy atom. The first-order chi connectivity index (χ1) is 10.4. The topological polar surface area (TPSA) is 59.8 Å². The molecule has 5 nitrogen and oxygen atoms in total. The molecule has 8 heteroatoms. The van der Waals surface area contributed by atoms with Crippen molar-refractivity contribution < 1.29 is 18.0 Å². The van der Waals surface area contributed by atoms with Crippen molar-refractivity contribution in [1.29, 1.82) is 0 Å². The number of aromatic nitrogens is 3. The minimum atomic E-state index is -4.38. The number of hydrogen-bond donors (Lipinski definition) is 1. The Balaban J connectivity index is 2.09. The van der Waals surface area contributed by atoms with Crippen molar-refractivity contribution >= 4 is 5.91 Å². The van der Waals surface area contributed by atoms with Gasteiger partial charge in [-0.1, -0.05) is 13.0 Å². The fourth-order valence-electron chi connectivity index (χ4n) is 2.06. The third-order valence-electron chi connectivity index (χ3n) is 3.03. The van der Waals surface area contributed by atoms with E-state index in [9.17, 15) is 18.0 Å². The first-order valence-electron chi connectivity index (χ1n) is 6.69. The van der Waals surface area contributed by atoms with Crippen molar-refractivity contribution in [2.24, 2.45) is 0 Å². The van der Waals surface area contributed by atoms with Crippen LogP contribution >= 0.6 is 0 Å². The van der Waals surface area contributed by atoms with Crippen LogP contribution in [0.5, 0.6) is 0 Å². The van der Waals surface area contributed by atoms with E-state index in [0.29, 0.717) is 0 Å². The number of pyridine rings is 1. The van der Waals surface area contributed by atoms with Crippen LogP contribution < -0.4 is 5.32 Å². The zero-order valence-electron chi connectivity index (χ0n) is 11.9. The van der Waals surface area contributed by atoms with Crippen molar-refractivity contribution in [3.05, 3.63) is 47.5 Å². The monoisotopic (exact) mass is 312 g/mol. The summed E-state index contributed by atoms with van der Waals surface area (Å²) in [5.41, 5.74) is 1.23. The van der Waals surface area contributed by atoms with E-state index >= 15 is 0 Å². The van der Waals surface area contributed by atoms with Crippen molar-refractivity contribution in [2.75, 3.05) is 0 Å². The van der Waals surface area contributed by atoms with Gasteiger partial charge in [0, 0.05) is 18.9 Å². The molecule has 2 heterocycles. The highest BCUT2D eigenvalue weighted by atomic mass is 19.4. The lowest BCUT2D eigenvalue weighted by Crippen LogP contribution is -2.25. The highest BCUT2D eigenvalue weighted by molar-refractivity contribution is 5.95. The number of carbonyl (C=O) groups excluding carboxylic acids is 1. The molecule has 0 aliphatic rings. The summed E-state index contributed by atoms with van der Waals surface area (Å²) in [7, 11) is 0. The van der Waals surface area contributed by atoms with E-state index in [2.05, 4.69) is 15.4 Å². The van der Waals surface area contributed by atoms with E-state index in [1.165, 1.54) is 6.20 Å². The third kappa shape index (κ3) is 4.06. The molecule has 2 aromatic heterocycles. The average molecular weight is 312 g/mol. The van der Waals surface area contributed by atoms with E-state index in [-0.39, 0.29) is 24.2 Å². The van der Waals surface area contributed by atoms with Gasteiger partial charge < -0.3 is 5.32 Å². The summed E-state index contributed by atoms with van der Waals surface area (Å²) in [5.74, 6) is -0.450. The number of alkyl halides is 3. The van der Waals surface area contributed by atoms with E-state index < -0.39 is 18.6 Å². The normalized spacial score (nSPS) is 11.5. The lowest BCUT2D eigenvalue weighted by atomic mass is 10.2. The Kier molecular flexibility index (Phi) is 4.79. The minimum absolute atomic E-state index is 0.163. The largest absolute Gasteiger partial charge is 0.408 e. The molecule has 2 rings (SSSR count). The highest BCUT2D eigenvalue weighted by Gasteiger charge is 2.30. The maximum Gasteiger partial charge on any atom is 0.408 e. The molecule has 0 spiro atoms. The van der Waals surface area contributed by atoms with Crippen LogP contribution in [0.2, 0.25) is 0 Å². The van der Waals surface area contributed by atoms with Crippen LogP contribution in [0.25, 0.3) is 0 Å². The van der Waals surface area contributed by atoms with Crippen LogP contribution in [0.1, 0.15) is 28.5 Å². The van der Waals surface area contributed by atoms with Gasteiger partial charge in [-0.15, -0.1) is 0 Å². The predicted molar refractivity (Wildman–Crippen MR) is 73.1 cm³/mol. The average Bonchev–Trinajstić information content (AvgIpc) is 2.86. The third-order valence-corrected chi connectivity index (χ3v) is 3.03. The number of nitrogens with one attached hydrogen (secondary N) is 1. The Morgan fingerprint density at radius 1 is 1.36 bits per heavy atom. The highest BCUT2D eigenvalue weighted by Crippen LogP contribution is 2.20. The maximum atomic E-state index is 12.5. The summed E-state index contributed by atoms with van der Waals surface area (Å²) >= 11 is 0. The lowest BCUT2D eigenvalue weighted by Gasteiger charge is -2.10. The van der Waals surface area contributed by atoms with Crippen molar-refractivity contribution in [1.82, 2.24) is 20.1 Å². The van der Waals surface area contributed by atoms with Gasteiger partial charge in [-0.05, 0) is 18.1 Å². The summed E-state index contributed by atoms with van der Waals surface area (Å²) in [4.78, 5) is 16.0. The second-order valence-corrected chi connectivity index (χ2v) is 4.68. The quantitative estimate of drug-likeness (QED) is 0.922. The zero-order valence-corrected chi connectivity index (χ0v) is 11.9. The molecule has 22 heavy (non-hydrogen) atoms. The first kappa shape index (κ1) is 16.0. The van der Waals surface area contributed by atoms with Gasteiger partial charge in [0.1, 0.15) is 6.54 Å². The van der Waals surface area contributed by atoms with Gasteiger partial charge in [0.15, 0.2) is 0 Å². The van der Waals surface area contributed by atoms with Gasteiger partial charge in [0.2, 0.25) is 0 Å². The van der Waals surface area contributed by atoms with Crippen LogP contribution in [0, 0.1) is 0 Å². The summed E-state index contributed by atoms with van der Waals surface area (Å²) in [5, 5.41) is 6.32. The van der Waals surface area contributed by atoms with Gasteiger partial charge in [0.05, 0.1) is 17.5 Å². The second kappa shape index (κ2) is 6.59. The molecule has 0 saturated carbocycles. The molecule has 0 bridgehead atoms. The molecule has 0 fully saturated rings. The zero-order chi connectivity index (χ0) is 16.2. The van der Waals surface area contributed by atoms with E-state index in [1.807, 2.05) is 0 Å². The molecule has 0 radical (unpaired) electrons. The number of nitrogens with zero attached hydrogens (tertiary/aromatic N) is 3. The molecular formula is C14H15F3N4O. The van der Waals surface area contributed by atoms with Crippen molar-refractivity contribution in [3.8, 4) is 0 Å². The predicted octanol–water partition coefficient (Wildman–Crippen LogP) is 2.33. The van der Waals surface area contributed by atoms with Gasteiger partial charge >= 0.3 is 6.18 Å². The molecule has 0 aromatic carbocycles. The maximum absolute atomic E-state index is 12.5. The molecular weight excluding hydrogens is 297 g/mol. The standard InChI is InChI=1S/C14H15F3N4O/c1-2-12-11(8-20-21(12)9-14(15,16)17)13(22)19-7-10-4-3-5-18-6-10/h3-6,8H,2,7,9H2,1H3,(H,19,22). The van der Waals surface area contributed by atoms with Crippen molar-refractivity contribution in [3.63, 3.8) is 0 Å². The number of amides is 1. The summed E-state index contributed by atoms with van der Waals surface area (Å²) in [6, 6.07) is 3.53.